The lowest BCUT2D eigenvalue weighted by molar-refractivity contribution is 0.0000187. The van der Waals surface area contributed by atoms with Gasteiger partial charge in [0, 0.05) is 19.1 Å². The number of carbonyl (C=O) groups is 1. The molecule has 3 unspecified atom stereocenters. The van der Waals surface area contributed by atoms with E-state index in [-0.39, 0.29) is 5.97 Å². The molecule has 5 nitrogen and oxygen atoms in total. The lowest BCUT2D eigenvalue weighted by Crippen LogP contribution is -2.47. The van der Waals surface area contributed by atoms with Crippen LogP contribution < -0.4 is 9.47 Å². The Kier molecular flexibility index (Phi) is 7.04. The average Bonchev–Trinajstić information content (AvgIpc) is 2.81. The first kappa shape index (κ1) is 22.7. The highest BCUT2D eigenvalue weighted by molar-refractivity contribution is 5.89. The van der Waals surface area contributed by atoms with Crippen LogP contribution in [-0.4, -0.2) is 44.8 Å². The number of piperidine rings is 1. The van der Waals surface area contributed by atoms with Crippen molar-refractivity contribution in [2.75, 3.05) is 33.9 Å². The zero-order valence-corrected chi connectivity index (χ0v) is 19.7. The first-order valence-electron chi connectivity index (χ1n) is 11.7. The van der Waals surface area contributed by atoms with Crippen LogP contribution in [0, 0.1) is 17.8 Å². The van der Waals surface area contributed by atoms with Gasteiger partial charge in [0.2, 0.25) is 0 Å². The molecule has 0 amide bonds. The van der Waals surface area contributed by atoms with Crippen molar-refractivity contribution in [3.05, 3.63) is 59.2 Å². The predicted molar refractivity (Wildman–Crippen MR) is 125 cm³/mol. The maximum absolute atomic E-state index is 12.6. The van der Waals surface area contributed by atoms with E-state index in [4.69, 9.17) is 14.2 Å². The topological polar surface area (TPSA) is 48.0 Å². The molecule has 32 heavy (non-hydrogen) atoms. The molecule has 2 aromatic rings. The fourth-order valence-corrected chi connectivity index (χ4v) is 5.42. The summed E-state index contributed by atoms with van der Waals surface area (Å²) in [7, 11) is 3.38. The quantitative estimate of drug-likeness (QED) is 0.561. The third kappa shape index (κ3) is 4.78. The maximum Gasteiger partial charge on any atom is 0.338 e. The number of esters is 1. The molecule has 0 saturated carbocycles. The number of ether oxygens (including phenoxy) is 3. The summed E-state index contributed by atoms with van der Waals surface area (Å²) >= 11 is 0. The Labute approximate surface area is 191 Å². The Morgan fingerprint density at radius 1 is 1.06 bits per heavy atom. The van der Waals surface area contributed by atoms with Gasteiger partial charge in [-0.3, -0.25) is 4.90 Å². The van der Waals surface area contributed by atoms with Crippen molar-refractivity contribution in [3.63, 3.8) is 0 Å². The van der Waals surface area contributed by atoms with Crippen molar-refractivity contribution in [2.24, 2.45) is 17.8 Å². The number of carbonyl (C=O) groups excluding carboxylic acids is 1. The molecular formula is C27H35NO4. The fourth-order valence-electron chi connectivity index (χ4n) is 5.42. The monoisotopic (exact) mass is 437 g/mol. The van der Waals surface area contributed by atoms with Crippen LogP contribution in [0.1, 0.15) is 54.2 Å². The van der Waals surface area contributed by atoms with E-state index in [9.17, 15) is 4.79 Å². The van der Waals surface area contributed by atoms with Gasteiger partial charge in [-0.05, 0) is 72.4 Å². The fraction of sp³-hybridized carbons (Fsp3) is 0.519. The molecule has 0 N–H and O–H groups in total. The summed E-state index contributed by atoms with van der Waals surface area (Å²) < 4.78 is 17.0. The smallest absolute Gasteiger partial charge is 0.338 e. The summed E-state index contributed by atoms with van der Waals surface area (Å²) in [5, 5.41) is 0. The number of methoxy groups -OCH3 is 2. The molecule has 4 rings (SSSR count). The largest absolute Gasteiger partial charge is 0.493 e. The number of fused-ring (bicyclic) bond motifs is 3. The molecule has 2 aliphatic heterocycles. The van der Waals surface area contributed by atoms with Crippen LogP contribution in [0.25, 0.3) is 0 Å². The Bertz CT molecular complexity index is 927. The molecule has 172 valence electrons. The molecule has 5 heteroatoms. The van der Waals surface area contributed by atoms with E-state index in [0.717, 1.165) is 43.9 Å². The molecule has 2 aliphatic rings. The highest BCUT2D eigenvalue weighted by atomic mass is 16.5. The maximum atomic E-state index is 12.6. The lowest BCUT2D eigenvalue weighted by Gasteiger charge is -2.47. The van der Waals surface area contributed by atoms with Crippen LogP contribution in [0.2, 0.25) is 0 Å². The van der Waals surface area contributed by atoms with Gasteiger partial charge >= 0.3 is 5.97 Å². The van der Waals surface area contributed by atoms with Gasteiger partial charge in [-0.1, -0.05) is 32.0 Å². The Hall–Kier alpha value is -2.53. The Morgan fingerprint density at radius 3 is 2.47 bits per heavy atom. The molecule has 0 radical (unpaired) electrons. The molecule has 0 bridgehead atoms. The van der Waals surface area contributed by atoms with Crippen LogP contribution in [-0.2, 0) is 11.2 Å². The number of nitrogens with zero attached hydrogens (tertiary/aromatic N) is 1. The molecular weight excluding hydrogens is 402 g/mol. The van der Waals surface area contributed by atoms with Crippen LogP contribution >= 0.6 is 0 Å². The summed E-state index contributed by atoms with van der Waals surface area (Å²) in [6.45, 7) is 7.13. The van der Waals surface area contributed by atoms with Crippen LogP contribution in [0.5, 0.6) is 11.5 Å². The zero-order chi connectivity index (χ0) is 22.7. The van der Waals surface area contributed by atoms with Gasteiger partial charge in [0.15, 0.2) is 11.5 Å². The molecule has 1 fully saturated rings. The number of hydrogen-bond donors (Lipinski definition) is 0. The normalized spacial score (nSPS) is 22.7. The van der Waals surface area contributed by atoms with Crippen LogP contribution in [0.15, 0.2) is 42.5 Å². The van der Waals surface area contributed by atoms with E-state index >= 15 is 0 Å². The zero-order valence-electron chi connectivity index (χ0n) is 19.7. The van der Waals surface area contributed by atoms with Gasteiger partial charge in [-0.15, -0.1) is 0 Å². The van der Waals surface area contributed by atoms with E-state index in [2.05, 4.69) is 30.9 Å². The van der Waals surface area contributed by atoms with Gasteiger partial charge in [-0.25, -0.2) is 4.79 Å². The van der Waals surface area contributed by atoms with Gasteiger partial charge in [-0.2, -0.15) is 0 Å². The standard InChI is InChI=1S/C27H35NO4/c1-18(2)12-21-16-28-11-10-20-14-25(30-3)26(31-4)15-23(20)24(28)13-22(21)17-32-27(29)19-8-6-5-7-9-19/h5-9,14-15,18,21-22,24H,10-13,16-17H2,1-4H3. The predicted octanol–water partition coefficient (Wildman–Crippen LogP) is 5.14. The van der Waals surface area contributed by atoms with Crippen LogP contribution in [0.4, 0.5) is 0 Å². The molecule has 2 aromatic carbocycles. The first-order chi connectivity index (χ1) is 15.5. The molecule has 0 aliphatic carbocycles. The summed E-state index contributed by atoms with van der Waals surface area (Å²) in [6.07, 6.45) is 3.16. The van der Waals surface area contributed by atoms with Gasteiger partial charge < -0.3 is 14.2 Å². The minimum atomic E-state index is -0.230. The van der Waals surface area contributed by atoms with Crippen molar-refractivity contribution in [1.29, 1.82) is 0 Å². The number of benzene rings is 2. The molecule has 2 heterocycles. The third-order valence-electron chi connectivity index (χ3n) is 6.99. The van der Waals surface area contributed by atoms with E-state index in [1.54, 1.807) is 14.2 Å². The average molecular weight is 438 g/mol. The van der Waals surface area contributed by atoms with E-state index in [1.165, 1.54) is 11.1 Å². The second-order valence-electron chi connectivity index (χ2n) is 9.52. The molecule has 1 saturated heterocycles. The van der Waals surface area contributed by atoms with Crippen molar-refractivity contribution in [1.82, 2.24) is 4.90 Å². The highest BCUT2D eigenvalue weighted by Crippen LogP contribution is 2.45. The van der Waals surface area contributed by atoms with E-state index in [0.29, 0.717) is 36.0 Å². The van der Waals surface area contributed by atoms with Crippen molar-refractivity contribution in [2.45, 2.75) is 39.2 Å². The van der Waals surface area contributed by atoms with Gasteiger partial charge in [0.25, 0.3) is 0 Å². The highest BCUT2D eigenvalue weighted by Gasteiger charge is 2.40. The van der Waals surface area contributed by atoms with E-state index < -0.39 is 0 Å². The summed E-state index contributed by atoms with van der Waals surface area (Å²) in [4.78, 5) is 15.2. The minimum Gasteiger partial charge on any atom is -0.493 e. The molecule has 3 atom stereocenters. The second kappa shape index (κ2) is 9.95. The first-order valence-corrected chi connectivity index (χ1v) is 11.7. The lowest BCUT2D eigenvalue weighted by atomic mass is 9.74. The summed E-state index contributed by atoms with van der Waals surface area (Å²) in [5.74, 6) is 2.82. The Balaban J connectivity index is 1.55. The third-order valence-corrected chi connectivity index (χ3v) is 6.99. The minimum absolute atomic E-state index is 0.230. The summed E-state index contributed by atoms with van der Waals surface area (Å²) in [5.41, 5.74) is 3.28. The molecule has 0 spiro atoms. The molecule has 0 aromatic heterocycles. The van der Waals surface area contributed by atoms with E-state index in [1.807, 2.05) is 30.3 Å². The van der Waals surface area contributed by atoms with Gasteiger partial charge in [0.05, 0.1) is 26.4 Å². The Morgan fingerprint density at radius 2 is 1.78 bits per heavy atom. The van der Waals surface area contributed by atoms with Gasteiger partial charge in [0.1, 0.15) is 0 Å². The SMILES string of the molecule is COc1cc2c(cc1OC)C1CC(COC(=O)c3ccccc3)C(CC(C)C)CN1CC2. The van der Waals surface area contributed by atoms with Crippen LogP contribution in [0.3, 0.4) is 0 Å². The van der Waals surface area contributed by atoms with Crippen molar-refractivity contribution >= 4 is 5.97 Å². The van der Waals surface area contributed by atoms with Crippen molar-refractivity contribution in [3.8, 4) is 11.5 Å². The number of rotatable bonds is 7. The number of hydrogen-bond acceptors (Lipinski definition) is 5. The van der Waals surface area contributed by atoms with Crippen molar-refractivity contribution < 1.29 is 19.0 Å². The second-order valence-corrected chi connectivity index (χ2v) is 9.52. The summed E-state index contributed by atoms with van der Waals surface area (Å²) in [6, 6.07) is 13.9.